The number of nitrogens with zero attached hydrogens (tertiary/aromatic N) is 1. The first-order valence-electron chi connectivity index (χ1n) is 5.92. The molecule has 0 bridgehead atoms. The van der Waals surface area contributed by atoms with Crippen LogP contribution in [0.1, 0.15) is 24.1 Å². The van der Waals surface area contributed by atoms with E-state index >= 15 is 0 Å². The number of nitriles is 1. The summed E-state index contributed by atoms with van der Waals surface area (Å²) in [5.41, 5.74) is 1.11. The Morgan fingerprint density at radius 2 is 1.85 bits per heavy atom. The van der Waals surface area contributed by atoms with Gasteiger partial charge in [-0.1, -0.05) is 28.1 Å². The molecule has 20 heavy (non-hydrogen) atoms. The van der Waals surface area contributed by atoms with Crippen molar-refractivity contribution in [2.75, 3.05) is 5.32 Å². The van der Waals surface area contributed by atoms with E-state index in [1.54, 1.807) is 31.2 Å². The van der Waals surface area contributed by atoms with Gasteiger partial charge in [0, 0.05) is 10.5 Å². The lowest BCUT2D eigenvalue weighted by Crippen LogP contribution is -2.10. The van der Waals surface area contributed by atoms with E-state index in [2.05, 4.69) is 21.2 Å². The lowest BCUT2D eigenvalue weighted by atomic mass is 10.1. The summed E-state index contributed by atoms with van der Waals surface area (Å²) in [5.74, 6) is -1.33. The monoisotopic (exact) mass is 336 g/mol. The molecule has 2 aromatic carbocycles. The third-order valence-corrected chi connectivity index (χ3v) is 3.34. The molecule has 0 aliphatic carbocycles. The van der Waals surface area contributed by atoms with Crippen molar-refractivity contribution in [2.45, 2.75) is 13.0 Å². The van der Waals surface area contributed by atoms with E-state index in [4.69, 9.17) is 5.26 Å². The SMILES string of the molecule is CC(Nc1c(F)cc(Br)cc1F)c1cccc(C#N)c1. The predicted octanol–water partition coefficient (Wildman–Crippen LogP) is 4.77. The molecule has 0 saturated heterocycles. The second-order valence-electron chi connectivity index (χ2n) is 4.35. The minimum atomic E-state index is -0.667. The molecule has 2 rings (SSSR count). The standard InChI is InChI=1S/C15H11BrF2N2/c1-9(11-4-2-3-10(5-11)8-19)20-15-13(17)6-12(16)7-14(15)18/h2-7,9,20H,1H3. The smallest absolute Gasteiger partial charge is 0.150 e. The van der Waals surface area contributed by atoms with Crippen LogP contribution in [0.4, 0.5) is 14.5 Å². The van der Waals surface area contributed by atoms with Gasteiger partial charge in [-0.15, -0.1) is 0 Å². The quantitative estimate of drug-likeness (QED) is 0.876. The molecule has 102 valence electrons. The lowest BCUT2D eigenvalue weighted by Gasteiger charge is -2.17. The molecule has 0 aromatic heterocycles. The Balaban J connectivity index is 2.28. The number of anilines is 1. The van der Waals surface area contributed by atoms with Crippen molar-refractivity contribution in [1.82, 2.24) is 0 Å². The van der Waals surface area contributed by atoms with Crippen LogP contribution < -0.4 is 5.32 Å². The molecule has 0 radical (unpaired) electrons. The normalized spacial score (nSPS) is 11.8. The van der Waals surface area contributed by atoms with Crippen molar-refractivity contribution >= 4 is 21.6 Å². The lowest BCUT2D eigenvalue weighted by molar-refractivity contribution is 0.583. The largest absolute Gasteiger partial charge is 0.374 e. The van der Waals surface area contributed by atoms with Gasteiger partial charge in [0.05, 0.1) is 11.6 Å². The third-order valence-electron chi connectivity index (χ3n) is 2.88. The average Bonchev–Trinajstić information content (AvgIpc) is 2.42. The van der Waals surface area contributed by atoms with Gasteiger partial charge in [0.25, 0.3) is 0 Å². The maximum Gasteiger partial charge on any atom is 0.150 e. The zero-order chi connectivity index (χ0) is 14.7. The van der Waals surface area contributed by atoms with Crippen LogP contribution in [-0.2, 0) is 0 Å². The molecule has 5 heteroatoms. The Morgan fingerprint density at radius 1 is 1.20 bits per heavy atom. The van der Waals surface area contributed by atoms with E-state index in [0.717, 1.165) is 5.56 Å². The second kappa shape index (κ2) is 6.02. The molecule has 0 fully saturated rings. The summed E-state index contributed by atoms with van der Waals surface area (Å²) in [6.07, 6.45) is 0. The summed E-state index contributed by atoms with van der Waals surface area (Å²) < 4.78 is 27.8. The Labute approximate surface area is 124 Å². The summed E-state index contributed by atoms with van der Waals surface area (Å²) in [5, 5.41) is 11.6. The number of halogens is 3. The first kappa shape index (κ1) is 14.5. The Morgan fingerprint density at radius 3 is 2.45 bits per heavy atom. The minimum absolute atomic E-state index is 0.178. The Bertz CT molecular complexity index is 657. The molecule has 0 spiro atoms. The molecule has 0 aliphatic rings. The summed E-state index contributed by atoms with van der Waals surface area (Å²) in [6.45, 7) is 1.78. The topological polar surface area (TPSA) is 35.8 Å². The van der Waals surface area contributed by atoms with Crippen LogP contribution in [0.15, 0.2) is 40.9 Å². The van der Waals surface area contributed by atoms with Crippen molar-refractivity contribution < 1.29 is 8.78 Å². The van der Waals surface area contributed by atoms with Gasteiger partial charge in [0.15, 0.2) is 0 Å². The zero-order valence-electron chi connectivity index (χ0n) is 10.6. The van der Waals surface area contributed by atoms with E-state index in [0.29, 0.717) is 10.0 Å². The number of nitrogens with one attached hydrogen (secondary N) is 1. The van der Waals surface area contributed by atoms with E-state index in [-0.39, 0.29) is 11.7 Å². The Kier molecular flexibility index (Phi) is 4.35. The molecule has 0 saturated carbocycles. The predicted molar refractivity (Wildman–Crippen MR) is 77.3 cm³/mol. The van der Waals surface area contributed by atoms with Crippen molar-refractivity contribution in [3.8, 4) is 6.07 Å². The van der Waals surface area contributed by atoms with Gasteiger partial charge in [-0.3, -0.25) is 0 Å². The highest BCUT2D eigenvalue weighted by Crippen LogP contribution is 2.27. The van der Waals surface area contributed by atoms with Gasteiger partial charge in [-0.2, -0.15) is 5.26 Å². The van der Waals surface area contributed by atoms with Crippen LogP contribution in [-0.4, -0.2) is 0 Å². The molecule has 2 aromatic rings. The fourth-order valence-corrected chi connectivity index (χ4v) is 2.26. The van der Waals surface area contributed by atoms with E-state index in [1.165, 1.54) is 12.1 Å². The fourth-order valence-electron chi connectivity index (χ4n) is 1.86. The highest BCUT2D eigenvalue weighted by molar-refractivity contribution is 9.10. The molecule has 1 N–H and O–H groups in total. The van der Waals surface area contributed by atoms with Crippen LogP contribution in [0.2, 0.25) is 0 Å². The molecule has 0 amide bonds. The fraction of sp³-hybridized carbons (Fsp3) is 0.133. The van der Waals surface area contributed by atoms with Crippen LogP contribution in [0.5, 0.6) is 0 Å². The second-order valence-corrected chi connectivity index (χ2v) is 5.26. The molecule has 1 unspecified atom stereocenters. The first-order valence-corrected chi connectivity index (χ1v) is 6.71. The minimum Gasteiger partial charge on any atom is -0.374 e. The summed E-state index contributed by atoms with van der Waals surface area (Å²) in [4.78, 5) is 0. The van der Waals surface area contributed by atoms with Crippen molar-refractivity contribution in [2.24, 2.45) is 0 Å². The summed E-state index contributed by atoms with van der Waals surface area (Å²) >= 11 is 3.03. The molecule has 1 atom stereocenters. The van der Waals surface area contributed by atoms with Gasteiger partial charge in [0.1, 0.15) is 17.3 Å². The van der Waals surface area contributed by atoms with Crippen molar-refractivity contribution in [3.63, 3.8) is 0 Å². The summed E-state index contributed by atoms with van der Waals surface area (Å²) in [7, 11) is 0. The number of hydrogen-bond acceptors (Lipinski definition) is 2. The van der Waals surface area contributed by atoms with Crippen molar-refractivity contribution in [3.05, 3.63) is 63.6 Å². The average molecular weight is 337 g/mol. The van der Waals surface area contributed by atoms with Crippen LogP contribution >= 0.6 is 15.9 Å². The number of rotatable bonds is 3. The summed E-state index contributed by atoms with van der Waals surface area (Å²) in [6, 6.07) is 11.0. The number of hydrogen-bond donors (Lipinski definition) is 1. The molecular formula is C15H11BrF2N2. The third kappa shape index (κ3) is 3.14. The highest BCUT2D eigenvalue weighted by Gasteiger charge is 2.14. The highest BCUT2D eigenvalue weighted by atomic mass is 79.9. The van der Waals surface area contributed by atoms with Crippen molar-refractivity contribution in [1.29, 1.82) is 5.26 Å². The van der Waals surface area contributed by atoms with E-state index in [9.17, 15) is 8.78 Å². The van der Waals surface area contributed by atoms with Gasteiger partial charge >= 0.3 is 0 Å². The first-order chi connectivity index (χ1) is 9.51. The Hall–Kier alpha value is -1.93. The van der Waals surface area contributed by atoms with Gasteiger partial charge in [-0.05, 0) is 36.8 Å². The van der Waals surface area contributed by atoms with Crippen LogP contribution in [0.3, 0.4) is 0 Å². The number of benzene rings is 2. The molecule has 0 heterocycles. The van der Waals surface area contributed by atoms with Gasteiger partial charge < -0.3 is 5.32 Å². The van der Waals surface area contributed by atoms with Gasteiger partial charge in [-0.25, -0.2) is 8.78 Å². The molecule has 0 aliphatic heterocycles. The zero-order valence-corrected chi connectivity index (χ0v) is 12.2. The maximum atomic E-state index is 13.7. The van der Waals surface area contributed by atoms with E-state index < -0.39 is 11.6 Å². The maximum absolute atomic E-state index is 13.7. The molecular weight excluding hydrogens is 326 g/mol. The van der Waals surface area contributed by atoms with E-state index in [1.807, 2.05) is 6.07 Å². The van der Waals surface area contributed by atoms with Gasteiger partial charge in [0.2, 0.25) is 0 Å². The van der Waals surface area contributed by atoms with Crippen LogP contribution in [0, 0.1) is 23.0 Å². The molecule has 2 nitrogen and oxygen atoms in total. The van der Waals surface area contributed by atoms with Crippen LogP contribution in [0.25, 0.3) is 0 Å².